The van der Waals surface area contributed by atoms with Crippen molar-refractivity contribution in [3.05, 3.63) is 212 Å². The molecule has 5 heteroatoms. The summed E-state index contributed by atoms with van der Waals surface area (Å²) in [6, 6.07) is 44.3. The van der Waals surface area contributed by atoms with Gasteiger partial charge < -0.3 is 4.57 Å². The first-order valence-electron chi connectivity index (χ1n) is 25.2. The zero-order chi connectivity index (χ0) is 49.4. The summed E-state index contributed by atoms with van der Waals surface area (Å²) >= 11 is 0. The van der Waals surface area contributed by atoms with Gasteiger partial charge in [-0.1, -0.05) is 182 Å². The molecule has 0 saturated heterocycles. The first-order valence-corrected chi connectivity index (χ1v) is 20.2. The highest BCUT2D eigenvalue weighted by Crippen LogP contribution is 2.43. The van der Waals surface area contributed by atoms with E-state index >= 15 is 0 Å². The molecule has 0 N–H and O–H groups in total. The van der Waals surface area contributed by atoms with E-state index in [9.17, 15) is 8.22 Å². The molecular weight excluding hydrogens is 755 g/mol. The van der Waals surface area contributed by atoms with Crippen molar-refractivity contribution >= 4 is 75.9 Å². The van der Waals surface area contributed by atoms with Crippen molar-refractivity contribution in [2.24, 2.45) is 0 Å². The second-order valence-corrected chi connectivity index (χ2v) is 15.2. The van der Waals surface area contributed by atoms with E-state index in [1.807, 2.05) is 109 Å². The number of hydrogen-bond acceptors (Lipinski definition) is 3. The molecule has 10 aromatic carbocycles. The Kier molecular flexibility index (Phi) is 5.67. The summed E-state index contributed by atoms with van der Waals surface area (Å²) in [6.45, 7) is 0. The molecule has 0 bridgehead atoms. The molecule has 0 aliphatic carbocycles. The maximum atomic E-state index is 9.80. The smallest absolute Gasteiger partial charge is 0.238 e. The van der Waals surface area contributed by atoms with Gasteiger partial charge in [-0.2, -0.15) is 9.97 Å². The standard InChI is InChI=1S/C57H35N5/c1-3-16-36(17-4-1)55-58-56(37-18-5-2-6-19-37)60-57(59-55)62-52-29-14-12-27-47(52)49-33-32-48-46-26-11-13-28-51(46)61(53(48)54(49)62)40-21-15-20-38(34-40)39-30-31-45-43-24-8-7-22-41(43)42-23-9-10-25-44(42)50(45)35-39/h1-35H/i11D,12D,13D,14D,26D,27D,28D,29D,32D,33D. The summed E-state index contributed by atoms with van der Waals surface area (Å²) in [5.41, 5.74) is 3.57. The van der Waals surface area contributed by atoms with Crippen LogP contribution in [0.4, 0.5) is 0 Å². The molecule has 0 atom stereocenters. The Morgan fingerprint density at radius 1 is 0.323 bits per heavy atom. The third-order valence-corrected chi connectivity index (χ3v) is 11.8. The van der Waals surface area contributed by atoms with Crippen molar-refractivity contribution in [2.75, 3.05) is 0 Å². The normalized spacial score (nSPS) is 14.1. The lowest BCUT2D eigenvalue weighted by Gasteiger charge is -2.15. The van der Waals surface area contributed by atoms with Crippen LogP contribution in [0.1, 0.15) is 13.7 Å². The molecule has 0 spiro atoms. The second-order valence-electron chi connectivity index (χ2n) is 15.2. The van der Waals surface area contributed by atoms with Crippen LogP contribution in [0.25, 0.3) is 121 Å². The van der Waals surface area contributed by atoms with Gasteiger partial charge in [-0.15, -0.1) is 0 Å². The number of hydrogen-bond donors (Lipinski definition) is 0. The molecule has 0 amide bonds. The van der Waals surface area contributed by atoms with Gasteiger partial charge >= 0.3 is 0 Å². The predicted octanol–water partition coefficient (Wildman–Crippen LogP) is 14.5. The Labute approximate surface area is 370 Å². The highest BCUT2D eigenvalue weighted by molar-refractivity contribution is 6.26. The number of nitrogens with zero attached hydrogens (tertiary/aromatic N) is 5. The second kappa shape index (κ2) is 13.6. The number of rotatable bonds is 5. The van der Waals surface area contributed by atoms with Crippen molar-refractivity contribution in [3.8, 4) is 45.5 Å². The van der Waals surface area contributed by atoms with Crippen LogP contribution in [0, 0.1) is 0 Å². The molecule has 3 heterocycles. The first kappa shape index (κ1) is 25.9. The summed E-state index contributed by atoms with van der Waals surface area (Å²) < 4.78 is 96.5. The van der Waals surface area contributed by atoms with E-state index < -0.39 is 54.4 Å². The average molecular weight is 800 g/mol. The molecule has 288 valence electrons. The van der Waals surface area contributed by atoms with Crippen LogP contribution >= 0.6 is 0 Å². The van der Waals surface area contributed by atoms with E-state index in [1.165, 1.54) is 4.57 Å². The van der Waals surface area contributed by atoms with E-state index in [0.29, 0.717) is 16.8 Å². The molecule has 5 nitrogen and oxygen atoms in total. The van der Waals surface area contributed by atoms with Crippen LogP contribution in [0.15, 0.2) is 212 Å². The maximum absolute atomic E-state index is 9.80. The molecule has 0 saturated carbocycles. The predicted molar refractivity (Wildman–Crippen MR) is 257 cm³/mol. The van der Waals surface area contributed by atoms with Crippen molar-refractivity contribution in [3.63, 3.8) is 0 Å². The molecule has 62 heavy (non-hydrogen) atoms. The van der Waals surface area contributed by atoms with Crippen LogP contribution in [-0.2, 0) is 0 Å². The average Bonchev–Trinajstić information content (AvgIpc) is 3.98. The molecule has 13 rings (SSSR count). The Morgan fingerprint density at radius 2 is 0.790 bits per heavy atom. The molecule has 0 radical (unpaired) electrons. The summed E-state index contributed by atoms with van der Waals surface area (Å²) in [5.74, 6) is 0.435. The third-order valence-electron chi connectivity index (χ3n) is 11.8. The number of benzene rings is 10. The Balaban J connectivity index is 1.21. The zero-order valence-electron chi connectivity index (χ0n) is 42.7. The fourth-order valence-electron chi connectivity index (χ4n) is 9.08. The summed E-state index contributed by atoms with van der Waals surface area (Å²) in [7, 11) is 0. The SMILES string of the molecule is [2H]c1c([2H])c([2H])c2c(c1[2H])c1c([2H])c([2H])c3c4c([2H])c([2H])c([2H])c([2H])c4n(-c4nc(-c5ccccc5)nc(-c5ccccc5)n4)c3c1n2-c1cccc(-c2ccc3c4ccccc4c4ccccc4c3c2)c1. The molecule has 0 fully saturated rings. The number of aromatic nitrogens is 5. The zero-order valence-corrected chi connectivity index (χ0v) is 32.7. The first-order chi connectivity index (χ1) is 34.9. The maximum Gasteiger partial charge on any atom is 0.238 e. The lowest BCUT2D eigenvalue weighted by atomic mass is 9.92. The largest absolute Gasteiger partial charge is 0.307 e. The van der Waals surface area contributed by atoms with Crippen molar-refractivity contribution < 1.29 is 13.7 Å². The van der Waals surface area contributed by atoms with Gasteiger partial charge in [0.15, 0.2) is 11.6 Å². The molecule has 13 aromatic rings. The third kappa shape index (κ3) is 5.18. The van der Waals surface area contributed by atoms with Gasteiger partial charge in [0.05, 0.1) is 35.8 Å². The van der Waals surface area contributed by atoms with E-state index in [4.69, 9.17) is 20.4 Å². The lowest BCUT2D eigenvalue weighted by molar-refractivity contribution is 0.953. The van der Waals surface area contributed by atoms with Gasteiger partial charge in [-0.05, 0) is 73.7 Å². The van der Waals surface area contributed by atoms with E-state index in [0.717, 1.165) is 43.4 Å². The van der Waals surface area contributed by atoms with E-state index in [2.05, 4.69) is 42.5 Å². The summed E-state index contributed by atoms with van der Waals surface area (Å²) in [4.78, 5) is 14.9. The van der Waals surface area contributed by atoms with Crippen molar-refractivity contribution in [2.45, 2.75) is 0 Å². The minimum absolute atomic E-state index is 0.00665. The van der Waals surface area contributed by atoms with Crippen LogP contribution < -0.4 is 0 Å². The summed E-state index contributed by atoms with van der Waals surface area (Å²) in [6.07, 6.45) is 0. The quantitative estimate of drug-likeness (QED) is 0.163. The van der Waals surface area contributed by atoms with Crippen molar-refractivity contribution in [1.82, 2.24) is 24.1 Å². The van der Waals surface area contributed by atoms with E-state index in [-0.39, 0.29) is 67.3 Å². The van der Waals surface area contributed by atoms with Crippen LogP contribution in [0.5, 0.6) is 0 Å². The monoisotopic (exact) mass is 799 g/mol. The molecule has 3 aromatic heterocycles. The fourth-order valence-corrected chi connectivity index (χ4v) is 9.08. The fraction of sp³-hybridized carbons (Fsp3) is 0. The molecular formula is C57H35N5. The summed E-state index contributed by atoms with van der Waals surface area (Å²) in [5, 5.41) is 6.56. The molecule has 0 aliphatic heterocycles. The minimum Gasteiger partial charge on any atom is -0.307 e. The van der Waals surface area contributed by atoms with Gasteiger partial charge in [0.1, 0.15) is 0 Å². The molecule has 0 aliphatic rings. The van der Waals surface area contributed by atoms with Crippen LogP contribution in [0.3, 0.4) is 0 Å². The Morgan fingerprint density at radius 3 is 1.39 bits per heavy atom. The highest BCUT2D eigenvalue weighted by Gasteiger charge is 2.24. The van der Waals surface area contributed by atoms with Gasteiger partial charge in [0.25, 0.3) is 0 Å². The lowest BCUT2D eigenvalue weighted by Crippen LogP contribution is -2.07. The number of para-hydroxylation sites is 2. The van der Waals surface area contributed by atoms with Gasteiger partial charge in [0.2, 0.25) is 5.95 Å². The van der Waals surface area contributed by atoms with Crippen LogP contribution in [0.2, 0.25) is 0 Å². The van der Waals surface area contributed by atoms with Gasteiger partial charge in [-0.3, -0.25) is 4.57 Å². The Bertz CT molecular complexity index is 4420. The Hall–Kier alpha value is -8.41. The van der Waals surface area contributed by atoms with E-state index in [1.54, 1.807) is 4.57 Å². The van der Waals surface area contributed by atoms with Crippen LogP contribution in [-0.4, -0.2) is 24.1 Å². The van der Waals surface area contributed by atoms with Gasteiger partial charge in [-0.25, -0.2) is 4.98 Å². The topological polar surface area (TPSA) is 48.5 Å². The highest BCUT2D eigenvalue weighted by atomic mass is 15.2. The van der Waals surface area contributed by atoms with Gasteiger partial charge in [0, 0.05) is 38.4 Å². The number of fused-ring (bicyclic) bond motifs is 13. The van der Waals surface area contributed by atoms with Crippen molar-refractivity contribution in [1.29, 1.82) is 0 Å². The molecule has 0 unspecified atom stereocenters. The minimum atomic E-state index is -0.549.